The van der Waals surface area contributed by atoms with Gasteiger partial charge in [0.25, 0.3) is 11.8 Å². The quantitative estimate of drug-likeness (QED) is 0.747. The Kier molecular flexibility index (Phi) is 6.48. The van der Waals surface area contributed by atoms with Gasteiger partial charge in [0, 0.05) is 19.7 Å². The lowest BCUT2D eigenvalue weighted by molar-refractivity contribution is -0.124. The summed E-state index contributed by atoms with van der Waals surface area (Å²) in [6.07, 6.45) is 2.88. The molecule has 0 atom stereocenters. The first-order valence-corrected chi connectivity index (χ1v) is 8.00. The number of hydrogen-bond donors (Lipinski definition) is 1. The SMILES string of the molecule is COc1ccc(/C=C(\NC(=O)c2ccco2)C(=O)N(C)C)c(OC)c1OC. The Morgan fingerprint density at radius 2 is 1.74 bits per heavy atom. The number of methoxy groups -OCH3 is 3. The van der Waals surface area contributed by atoms with E-state index in [2.05, 4.69) is 5.32 Å². The molecule has 0 saturated heterocycles. The Bertz CT molecular complexity index is 840. The van der Waals surface area contributed by atoms with Crippen LogP contribution < -0.4 is 19.5 Å². The molecule has 2 rings (SSSR count). The predicted octanol–water partition coefficient (Wildman–Crippen LogP) is 2.16. The molecule has 2 amide bonds. The Morgan fingerprint density at radius 1 is 1.04 bits per heavy atom. The van der Waals surface area contributed by atoms with E-state index < -0.39 is 11.8 Å². The van der Waals surface area contributed by atoms with E-state index >= 15 is 0 Å². The molecule has 0 fully saturated rings. The van der Waals surface area contributed by atoms with Crippen LogP contribution in [0.2, 0.25) is 0 Å². The second-order valence-electron chi connectivity index (χ2n) is 5.61. The molecule has 0 aliphatic heterocycles. The lowest BCUT2D eigenvalue weighted by atomic mass is 10.1. The first-order valence-electron chi connectivity index (χ1n) is 8.00. The number of ether oxygens (including phenoxy) is 3. The van der Waals surface area contributed by atoms with Crippen molar-refractivity contribution in [1.29, 1.82) is 0 Å². The molecule has 0 aliphatic rings. The Hall–Kier alpha value is -3.42. The summed E-state index contributed by atoms with van der Waals surface area (Å²) < 4.78 is 21.1. The molecular weight excluding hydrogens is 352 g/mol. The molecule has 0 saturated carbocycles. The third-order valence-corrected chi connectivity index (χ3v) is 3.66. The summed E-state index contributed by atoms with van der Waals surface area (Å²) in [5.74, 6) is 0.377. The summed E-state index contributed by atoms with van der Waals surface area (Å²) in [6.45, 7) is 0. The molecule has 8 heteroatoms. The van der Waals surface area contributed by atoms with Crippen LogP contribution in [0.25, 0.3) is 6.08 Å². The number of nitrogens with zero attached hydrogens (tertiary/aromatic N) is 1. The van der Waals surface area contributed by atoms with Gasteiger partial charge in [-0.3, -0.25) is 9.59 Å². The van der Waals surface area contributed by atoms with Crippen molar-refractivity contribution < 1.29 is 28.2 Å². The molecule has 0 radical (unpaired) electrons. The van der Waals surface area contributed by atoms with Gasteiger partial charge in [-0.15, -0.1) is 0 Å². The minimum Gasteiger partial charge on any atom is -0.493 e. The molecule has 1 aromatic carbocycles. The summed E-state index contributed by atoms with van der Waals surface area (Å²) in [5.41, 5.74) is 0.576. The molecule has 0 bridgehead atoms. The number of furan rings is 1. The molecule has 8 nitrogen and oxygen atoms in total. The first kappa shape index (κ1) is 19.9. The largest absolute Gasteiger partial charge is 0.493 e. The van der Waals surface area contributed by atoms with Crippen molar-refractivity contribution in [3.8, 4) is 17.2 Å². The summed E-state index contributed by atoms with van der Waals surface area (Å²) in [4.78, 5) is 26.2. The number of rotatable bonds is 7. The van der Waals surface area contributed by atoms with E-state index in [4.69, 9.17) is 18.6 Å². The van der Waals surface area contributed by atoms with Gasteiger partial charge in [0.2, 0.25) is 5.75 Å². The summed E-state index contributed by atoms with van der Waals surface area (Å²) >= 11 is 0. The Morgan fingerprint density at radius 3 is 2.26 bits per heavy atom. The second kappa shape index (κ2) is 8.79. The third-order valence-electron chi connectivity index (χ3n) is 3.66. The van der Waals surface area contributed by atoms with Crippen LogP contribution in [0.5, 0.6) is 17.2 Å². The number of benzene rings is 1. The fourth-order valence-corrected chi connectivity index (χ4v) is 2.38. The zero-order chi connectivity index (χ0) is 20.0. The summed E-state index contributed by atoms with van der Waals surface area (Å²) in [6, 6.07) is 6.47. The van der Waals surface area contributed by atoms with Gasteiger partial charge in [0.05, 0.1) is 27.6 Å². The van der Waals surface area contributed by atoms with Crippen molar-refractivity contribution in [3.63, 3.8) is 0 Å². The minimum absolute atomic E-state index is 0.0481. The average Bonchev–Trinajstić information content (AvgIpc) is 3.20. The van der Waals surface area contributed by atoms with Crippen molar-refractivity contribution >= 4 is 17.9 Å². The van der Waals surface area contributed by atoms with Gasteiger partial charge in [0.15, 0.2) is 17.3 Å². The number of likely N-dealkylation sites (N-methyl/N-ethyl adjacent to an activating group) is 1. The van der Waals surface area contributed by atoms with Crippen LogP contribution in [0.15, 0.2) is 40.6 Å². The lowest BCUT2D eigenvalue weighted by Gasteiger charge is -2.17. The topological polar surface area (TPSA) is 90.2 Å². The van der Waals surface area contributed by atoms with Crippen LogP contribution in [0, 0.1) is 0 Å². The van der Waals surface area contributed by atoms with Crippen LogP contribution in [0.4, 0.5) is 0 Å². The molecule has 0 unspecified atom stereocenters. The predicted molar refractivity (Wildman–Crippen MR) is 98.9 cm³/mol. The monoisotopic (exact) mass is 374 g/mol. The fraction of sp³-hybridized carbons (Fsp3) is 0.263. The highest BCUT2D eigenvalue weighted by atomic mass is 16.5. The molecular formula is C19H22N2O6. The highest BCUT2D eigenvalue weighted by Crippen LogP contribution is 2.40. The number of nitrogens with one attached hydrogen (secondary N) is 1. The minimum atomic E-state index is -0.541. The molecule has 0 spiro atoms. The van der Waals surface area contributed by atoms with Crippen molar-refractivity contribution in [3.05, 3.63) is 47.5 Å². The number of hydrogen-bond acceptors (Lipinski definition) is 6. The van der Waals surface area contributed by atoms with Crippen molar-refractivity contribution in [2.75, 3.05) is 35.4 Å². The molecule has 27 heavy (non-hydrogen) atoms. The van der Waals surface area contributed by atoms with Crippen LogP contribution >= 0.6 is 0 Å². The maximum Gasteiger partial charge on any atom is 0.291 e. The zero-order valence-corrected chi connectivity index (χ0v) is 15.9. The van der Waals surface area contributed by atoms with E-state index in [1.54, 1.807) is 32.3 Å². The third kappa shape index (κ3) is 4.41. The zero-order valence-electron chi connectivity index (χ0n) is 15.9. The van der Waals surface area contributed by atoms with Gasteiger partial charge in [-0.1, -0.05) is 0 Å². The highest BCUT2D eigenvalue weighted by molar-refractivity contribution is 6.04. The van der Waals surface area contributed by atoms with Crippen LogP contribution in [0.1, 0.15) is 16.1 Å². The van der Waals surface area contributed by atoms with E-state index in [0.29, 0.717) is 22.8 Å². The summed E-state index contributed by atoms with van der Waals surface area (Å²) in [5, 5.41) is 2.58. The van der Waals surface area contributed by atoms with E-state index in [-0.39, 0.29) is 11.5 Å². The average molecular weight is 374 g/mol. The van der Waals surface area contributed by atoms with Crippen molar-refractivity contribution in [2.45, 2.75) is 0 Å². The Labute approximate surface area is 157 Å². The van der Waals surface area contributed by atoms with Gasteiger partial charge in [0.1, 0.15) is 5.70 Å². The fourth-order valence-electron chi connectivity index (χ4n) is 2.38. The van der Waals surface area contributed by atoms with Crippen LogP contribution in [-0.4, -0.2) is 52.1 Å². The molecule has 1 aromatic heterocycles. The molecule has 1 heterocycles. The lowest BCUT2D eigenvalue weighted by Crippen LogP contribution is -2.34. The number of carbonyl (C=O) groups excluding carboxylic acids is 2. The van der Waals surface area contributed by atoms with Gasteiger partial charge in [-0.2, -0.15) is 0 Å². The van der Waals surface area contributed by atoms with E-state index in [9.17, 15) is 9.59 Å². The number of carbonyl (C=O) groups is 2. The smallest absolute Gasteiger partial charge is 0.291 e. The van der Waals surface area contributed by atoms with Crippen molar-refractivity contribution in [1.82, 2.24) is 10.2 Å². The molecule has 1 N–H and O–H groups in total. The maximum atomic E-state index is 12.5. The first-order chi connectivity index (χ1) is 12.9. The van der Waals surface area contributed by atoms with Gasteiger partial charge >= 0.3 is 0 Å². The van der Waals surface area contributed by atoms with Crippen LogP contribution in [-0.2, 0) is 4.79 Å². The van der Waals surface area contributed by atoms with Crippen molar-refractivity contribution in [2.24, 2.45) is 0 Å². The van der Waals surface area contributed by atoms with Gasteiger partial charge in [-0.25, -0.2) is 0 Å². The molecule has 144 valence electrons. The second-order valence-corrected chi connectivity index (χ2v) is 5.61. The maximum absolute atomic E-state index is 12.5. The van der Waals surface area contributed by atoms with Gasteiger partial charge in [-0.05, 0) is 30.3 Å². The number of amides is 2. The van der Waals surface area contributed by atoms with Crippen LogP contribution in [0.3, 0.4) is 0 Å². The standard InChI is InChI=1S/C19H22N2O6/c1-21(2)19(23)13(20-18(22)15-7-6-10-27-15)11-12-8-9-14(24-3)17(26-5)16(12)25-4/h6-11H,1-5H3,(H,20,22)/b13-11-. The van der Waals surface area contributed by atoms with E-state index in [0.717, 1.165) is 0 Å². The summed E-state index contributed by atoms with van der Waals surface area (Å²) in [7, 11) is 7.64. The normalized spacial score (nSPS) is 10.9. The Balaban J connectivity index is 2.50. The van der Waals surface area contributed by atoms with E-state index in [1.165, 1.54) is 44.6 Å². The highest BCUT2D eigenvalue weighted by Gasteiger charge is 2.20. The van der Waals surface area contributed by atoms with Gasteiger partial charge < -0.3 is 28.8 Å². The van der Waals surface area contributed by atoms with E-state index in [1.807, 2.05) is 0 Å². The molecule has 2 aromatic rings. The molecule has 0 aliphatic carbocycles.